The van der Waals surface area contributed by atoms with Gasteiger partial charge in [-0.3, -0.25) is 4.48 Å². The summed E-state index contributed by atoms with van der Waals surface area (Å²) in [7, 11) is 2.20. The van der Waals surface area contributed by atoms with E-state index in [1.807, 2.05) is 12.1 Å². The molecule has 4 nitrogen and oxygen atoms in total. The van der Waals surface area contributed by atoms with E-state index in [0.717, 1.165) is 24.0 Å². The van der Waals surface area contributed by atoms with Crippen LogP contribution in [0.1, 0.15) is 5.56 Å². The smallest absolute Gasteiger partial charge is 0.312 e. The maximum Gasteiger partial charge on any atom is 0.312 e. The molecular formula is C18H24ClN3O. The number of halogens is 1. The van der Waals surface area contributed by atoms with Crippen LogP contribution < -0.4 is 27.9 Å². The molecule has 5 heteroatoms. The van der Waals surface area contributed by atoms with Gasteiger partial charge in [-0.05, 0) is 17.7 Å². The van der Waals surface area contributed by atoms with Crippen molar-refractivity contribution in [3.63, 3.8) is 0 Å². The maximum absolute atomic E-state index is 10.9. The quantitative estimate of drug-likeness (QED) is 0.662. The Morgan fingerprint density at radius 3 is 2.13 bits per heavy atom. The summed E-state index contributed by atoms with van der Waals surface area (Å²) in [5.74, 6) is 0. The lowest BCUT2D eigenvalue weighted by Crippen LogP contribution is -3.00. The fraction of sp³-hybridized carbons (Fsp3) is 0.278. The van der Waals surface area contributed by atoms with Gasteiger partial charge in [0.15, 0.2) is 0 Å². The predicted molar refractivity (Wildman–Crippen MR) is 91.6 cm³/mol. The Morgan fingerprint density at radius 2 is 1.57 bits per heavy atom. The second kappa shape index (κ2) is 9.18. The first-order chi connectivity index (χ1) is 10.6. The molecule has 2 aromatic rings. The lowest BCUT2D eigenvalue weighted by molar-refractivity contribution is -0.00000810. The van der Waals surface area contributed by atoms with Crippen molar-refractivity contribution in [2.45, 2.75) is 6.42 Å². The van der Waals surface area contributed by atoms with Crippen LogP contribution in [0.25, 0.3) is 0 Å². The number of nitrogens with two attached hydrogens (primary N) is 1. The van der Waals surface area contributed by atoms with Crippen molar-refractivity contribution in [1.29, 1.82) is 0 Å². The number of benzene rings is 2. The van der Waals surface area contributed by atoms with Crippen LogP contribution >= 0.6 is 0 Å². The third kappa shape index (κ3) is 5.93. The highest BCUT2D eigenvalue weighted by Gasteiger charge is 2.24. The molecule has 0 saturated heterocycles. The number of rotatable bonds is 7. The monoisotopic (exact) mass is 333 g/mol. The van der Waals surface area contributed by atoms with Gasteiger partial charge in [0.2, 0.25) is 0 Å². The largest absolute Gasteiger partial charge is 1.00 e. The van der Waals surface area contributed by atoms with E-state index in [1.165, 1.54) is 11.3 Å². The first-order valence-corrected chi connectivity index (χ1v) is 7.57. The summed E-state index contributed by atoms with van der Waals surface area (Å²) >= 11 is 0. The van der Waals surface area contributed by atoms with E-state index < -0.39 is 6.03 Å². The minimum Gasteiger partial charge on any atom is -1.00 e. The van der Waals surface area contributed by atoms with Gasteiger partial charge in [-0.1, -0.05) is 48.5 Å². The van der Waals surface area contributed by atoms with Crippen molar-refractivity contribution in [1.82, 2.24) is 9.80 Å². The van der Waals surface area contributed by atoms with Crippen LogP contribution in [0.2, 0.25) is 0 Å². The summed E-state index contributed by atoms with van der Waals surface area (Å²) in [5, 5.41) is 2.69. The fourth-order valence-corrected chi connectivity index (χ4v) is 2.60. The summed E-state index contributed by atoms with van der Waals surface area (Å²) in [6, 6.07) is 20.4. The Balaban J connectivity index is 0.00000264. The second-order valence-corrected chi connectivity index (χ2v) is 5.71. The van der Waals surface area contributed by atoms with Crippen LogP contribution in [0.5, 0.6) is 0 Å². The van der Waals surface area contributed by atoms with Crippen LogP contribution in [-0.2, 0) is 6.42 Å². The second-order valence-electron chi connectivity index (χ2n) is 5.71. The topological polar surface area (TPSA) is 55.1 Å². The van der Waals surface area contributed by atoms with Crippen molar-refractivity contribution in [2.24, 2.45) is 5.73 Å². The van der Waals surface area contributed by atoms with E-state index >= 15 is 0 Å². The molecule has 124 valence electrons. The van der Waals surface area contributed by atoms with E-state index in [1.54, 1.807) is 0 Å². The number of nitrogens with zero attached hydrogens (tertiary/aromatic N) is 1. The lowest BCUT2D eigenvalue weighted by atomic mass is 10.1. The molecule has 0 aliphatic heterocycles. The van der Waals surface area contributed by atoms with Crippen LogP contribution in [-0.4, -0.2) is 32.7 Å². The Morgan fingerprint density at radius 1 is 1.00 bits per heavy atom. The molecule has 0 aliphatic rings. The highest BCUT2D eigenvalue weighted by Crippen LogP contribution is 2.21. The normalized spacial score (nSPS) is 12.7. The standard InChI is InChI=1S/C18H23N3O.ClH/c1-21(15-13-20-18(19)22,17-10-6-3-7-11-17)14-12-16-8-4-2-5-9-16;/h2-11H,12-15H2,1H3,(H2-,19,20,22);1H. The summed E-state index contributed by atoms with van der Waals surface area (Å²) in [4.78, 5) is 10.9. The van der Waals surface area contributed by atoms with Gasteiger partial charge in [-0.15, -0.1) is 0 Å². The molecule has 0 fully saturated rings. The van der Waals surface area contributed by atoms with Crippen LogP contribution in [0.3, 0.4) is 0 Å². The Hall–Kier alpha value is -2.04. The molecule has 0 aromatic heterocycles. The third-order valence-corrected chi connectivity index (χ3v) is 4.02. The molecule has 2 aromatic carbocycles. The molecule has 23 heavy (non-hydrogen) atoms. The molecule has 0 bridgehead atoms. The van der Waals surface area contributed by atoms with Gasteiger partial charge in [-0.25, -0.2) is 4.79 Å². The average Bonchev–Trinajstić information content (AvgIpc) is 2.54. The first-order valence-electron chi connectivity index (χ1n) is 7.57. The maximum atomic E-state index is 10.9. The van der Waals surface area contributed by atoms with Crippen LogP contribution in [0, 0.1) is 0 Å². The molecule has 2 rings (SSSR count). The van der Waals surface area contributed by atoms with Gasteiger partial charge < -0.3 is 23.5 Å². The number of likely N-dealkylation sites (N-methyl/N-ethyl adjacent to an activating group) is 1. The summed E-state index contributed by atoms with van der Waals surface area (Å²) < 4.78 is 0.760. The summed E-state index contributed by atoms with van der Waals surface area (Å²) in [6.45, 7) is 2.34. The molecule has 0 aliphatic carbocycles. The highest BCUT2D eigenvalue weighted by molar-refractivity contribution is 5.71. The number of hydrogen-bond acceptors (Lipinski definition) is 1. The third-order valence-electron chi connectivity index (χ3n) is 4.02. The molecule has 2 amide bonds. The van der Waals surface area contributed by atoms with Crippen molar-refractivity contribution >= 4 is 11.7 Å². The number of carbonyl (C=O) groups is 1. The Labute approximate surface area is 144 Å². The number of quaternary nitrogens is 1. The number of para-hydroxylation sites is 1. The molecule has 0 saturated carbocycles. The molecule has 0 heterocycles. The molecule has 0 radical (unpaired) electrons. The van der Waals surface area contributed by atoms with Crippen molar-refractivity contribution in [2.75, 3.05) is 26.7 Å². The Kier molecular flexibility index (Phi) is 7.59. The number of hydrogen-bond donors (Lipinski definition) is 2. The van der Waals surface area contributed by atoms with Crippen LogP contribution in [0.15, 0.2) is 60.7 Å². The Bertz CT molecular complexity index is 592. The van der Waals surface area contributed by atoms with E-state index in [9.17, 15) is 4.79 Å². The number of primary amides is 1. The van der Waals surface area contributed by atoms with Crippen molar-refractivity contribution in [3.8, 4) is 0 Å². The highest BCUT2D eigenvalue weighted by atomic mass is 35.5. The van der Waals surface area contributed by atoms with E-state index in [0.29, 0.717) is 6.54 Å². The number of carbonyl (C=O) groups excluding carboxylic acids is 1. The molecule has 0 spiro atoms. The zero-order valence-electron chi connectivity index (χ0n) is 13.4. The van der Waals surface area contributed by atoms with E-state index in [2.05, 4.69) is 60.9 Å². The molecule has 1 atom stereocenters. The zero-order chi connectivity index (χ0) is 15.8. The van der Waals surface area contributed by atoms with Gasteiger partial charge in [-0.2, -0.15) is 0 Å². The average molecular weight is 334 g/mol. The van der Waals surface area contributed by atoms with E-state index in [-0.39, 0.29) is 12.4 Å². The first kappa shape index (κ1) is 19.0. The molecular weight excluding hydrogens is 310 g/mol. The van der Waals surface area contributed by atoms with Crippen LogP contribution in [0.4, 0.5) is 10.5 Å². The van der Waals surface area contributed by atoms with Gasteiger partial charge in [0.05, 0.1) is 20.1 Å². The number of urea groups is 1. The predicted octanol–water partition coefficient (Wildman–Crippen LogP) is -0.461. The van der Waals surface area contributed by atoms with Gasteiger partial charge in [0.25, 0.3) is 0 Å². The fourth-order valence-electron chi connectivity index (χ4n) is 2.60. The van der Waals surface area contributed by atoms with E-state index in [4.69, 9.17) is 5.73 Å². The van der Waals surface area contributed by atoms with Gasteiger partial charge in [0, 0.05) is 6.42 Å². The summed E-state index contributed by atoms with van der Waals surface area (Å²) in [6.07, 6.45) is 0.989. The number of nitrogens with one attached hydrogen (secondary N) is 1. The lowest BCUT2D eigenvalue weighted by Gasteiger charge is -2.34. The van der Waals surface area contributed by atoms with Crippen molar-refractivity contribution in [3.05, 3.63) is 66.2 Å². The zero-order valence-corrected chi connectivity index (χ0v) is 14.2. The minimum atomic E-state index is -0.470. The SMILES string of the molecule is C[N+](CCNC(N)=O)(CCc1ccccc1)c1ccccc1.[Cl-]. The summed E-state index contributed by atoms with van der Waals surface area (Å²) in [5.41, 5.74) is 7.73. The van der Waals surface area contributed by atoms with Gasteiger partial charge >= 0.3 is 6.03 Å². The molecule has 3 N–H and O–H groups in total. The van der Waals surface area contributed by atoms with Crippen molar-refractivity contribution < 1.29 is 17.2 Å². The van der Waals surface area contributed by atoms with Gasteiger partial charge in [0.1, 0.15) is 12.2 Å². The minimum absolute atomic E-state index is 0. The number of amides is 2. The molecule has 1 unspecified atom stereocenters.